The van der Waals surface area contributed by atoms with E-state index in [-0.39, 0.29) is 17.1 Å². The van der Waals surface area contributed by atoms with Crippen molar-refractivity contribution in [2.45, 2.75) is 48.0 Å². The Hall–Kier alpha value is -1.73. The number of alkyl halides is 1. The minimum absolute atomic E-state index is 0.0834. The zero-order valence-corrected chi connectivity index (χ0v) is 18.6. The molecule has 5 nitrogen and oxygen atoms in total. The van der Waals surface area contributed by atoms with E-state index in [1.54, 1.807) is 12.4 Å². The molecular formula is C19H15B6ClF2N4O. The number of hydrogen-bond donors (Lipinski definition) is 1. The first kappa shape index (κ1) is 25.9. The topological polar surface area (TPSA) is 58.1 Å². The van der Waals surface area contributed by atoms with Crippen LogP contribution in [0.5, 0.6) is 0 Å². The Labute approximate surface area is 204 Å². The number of carbonyl (C=O) groups excluding carboxylic acids is 1. The van der Waals surface area contributed by atoms with Crippen LogP contribution in [0.4, 0.5) is 8.78 Å². The summed E-state index contributed by atoms with van der Waals surface area (Å²) in [5.74, 6) is -1.31. The second kappa shape index (κ2) is 8.80. The van der Waals surface area contributed by atoms with Crippen molar-refractivity contribution in [3.63, 3.8) is 0 Å². The normalized spacial score (nSPS) is 19.2. The monoisotopic (exact) mass is 454 g/mol. The third kappa shape index (κ3) is 5.19. The van der Waals surface area contributed by atoms with E-state index < -0.39 is 46.2 Å². The third-order valence-electron chi connectivity index (χ3n) is 5.44. The largest absolute Gasteiger partial charge is 0.362 e. The van der Waals surface area contributed by atoms with Crippen molar-refractivity contribution >= 4 is 64.6 Å². The summed E-state index contributed by atoms with van der Waals surface area (Å²) in [4.78, 5) is 22.0. The molecule has 12 radical (unpaired) electrons. The Morgan fingerprint density at radius 1 is 1.18 bits per heavy atom. The Morgan fingerprint density at radius 3 is 2.24 bits per heavy atom. The highest BCUT2D eigenvalue weighted by atomic mass is 35.5. The highest BCUT2D eigenvalue weighted by Crippen LogP contribution is 2.45. The fourth-order valence-corrected chi connectivity index (χ4v) is 4.01. The van der Waals surface area contributed by atoms with E-state index in [4.69, 9.17) is 58.7 Å². The molecule has 1 aromatic carbocycles. The van der Waals surface area contributed by atoms with Gasteiger partial charge in [-0.1, -0.05) is 11.6 Å². The fourth-order valence-electron chi connectivity index (χ4n) is 3.83. The third-order valence-corrected chi connectivity index (χ3v) is 5.73. The molecule has 0 spiro atoms. The van der Waals surface area contributed by atoms with E-state index >= 15 is 4.39 Å². The Bertz CT molecular complexity index is 1040. The molecule has 1 aliphatic rings. The van der Waals surface area contributed by atoms with E-state index in [1.165, 1.54) is 0 Å². The average Bonchev–Trinajstić information content (AvgIpc) is 2.67. The molecule has 1 amide bonds. The van der Waals surface area contributed by atoms with Gasteiger partial charge in [0.1, 0.15) is 17.3 Å². The highest BCUT2D eigenvalue weighted by molar-refractivity contribution is 6.47. The van der Waals surface area contributed by atoms with Gasteiger partial charge in [-0.3, -0.25) is 4.79 Å². The maximum atomic E-state index is 16.2. The van der Waals surface area contributed by atoms with Crippen molar-refractivity contribution < 1.29 is 13.6 Å². The Kier molecular flexibility index (Phi) is 6.91. The van der Waals surface area contributed by atoms with Gasteiger partial charge in [0.25, 0.3) is 5.91 Å². The van der Waals surface area contributed by atoms with Crippen LogP contribution >= 0.6 is 11.6 Å². The summed E-state index contributed by atoms with van der Waals surface area (Å²) in [5, 5.41) is -4.35. The molecule has 0 unspecified atom stereocenters. The first-order valence-electron chi connectivity index (χ1n) is 9.82. The predicted molar refractivity (Wildman–Crippen MR) is 127 cm³/mol. The Morgan fingerprint density at radius 2 is 1.73 bits per heavy atom. The predicted octanol–water partition coefficient (Wildman–Crippen LogP) is 0.284. The number of nitrogens with one attached hydrogen (secondary N) is 1. The van der Waals surface area contributed by atoms with Crippen molar-refractivity contribution in [3.8, 4) is 0 Å². The van der Waals surface area contributed by atoms with Gasteiger partial charge in [-0.2, -0.15) is 0 Å². The van der Waals surface area contributed by atoms with Gasteiger partial charge in [0.2, 0.25) is 0 Å². The number of hydrogen-bond acceptors (Lipinski definition) is 4. The summed E-state index contributed by atoms with van der Waals surface area (Å²) in [6.45, 7) is 1.73. The number of piperidine rings is 1. The average molecular weight is 454 g/mol. The molecule has 2 aromatic rings. The molecule has 0 bridgehead atoms. The number of amides is 1. The van der Waals surface area contributed by atoms with Gasteiger partial charge in [0.15, 0.2) is 0 Å². The number of likely N-dealkylation sites (tertiary alicyclic amines) is 1. The molecule has 3 rings (SSSR count). The molecule has 1 N–H and O–H groups in total. The van der Waals surface area contributed by atoms with Crippen LogP contribution in [0.2, 0.25) is 5.02 Å². The van der Waals surface area contributed by atoms with Gasteiger partial charge in [-0.15, -0.1) is 0 Å². The van der Waals surface area contributed by atoms with Crippen LogP contribution in [-0.2, 0) is 6.54 Å². The Balaban J connectivity index is 1.86. The number of aromatic nitrogens is 2. The molecule has 1 aromatic heterocycles. The maximum absolute atomic E-state index is 16.2. The van der Waals surface area contributed by atoms with Gasteiger partial charge in [-0.25, -0.2) is 18.7 Å². The van der Waals surface area contributed by atoms with Crippen LogP contribution in [0.1, 0.15) is 34.6 Å². The zero-order chi connectivity index (χ0) is 24.8. The summed E-state index contributed by atoms with van der Waals surface area (Å²) in [6, 6.07) is 3.18. The maximum Gasteiger partial charge on any atom is 0.252 e. The number of aryl methyl sites for hydroxylation is 1. The number of benzene rings is 1. The van der Waals surface area contributed by atoms with Crippen LogP contribution in [0.15, 0.2) is 30.6 Å². The second-order valence-corrected chi connectivity index (χ2v) is 8.88. The quantitative estimate of drug-likeness (QED) is 0.661. The van der Waals surface area contributed by atoms with Gasteiger partial charge in [-0.05, 0) is 59.5 Å². The van der Waals surface area contributed by atoms with Crippen LogP contribution in [-0.4, -0.2) is 89.5 Å². The lowest BCUT2D eigenvalue weighted by Crippen LogP contribution is -2.77. The molecule has 1 fully saturated rings. The molecule has 33 heavy (non-hydrogen) atoms. The number of carbonyl (C=O) groups is 1. The first-order chi connectivity index (χ1) is 15.1. The van der Waals surface area contributed by atoms with E-state index in [9.17, 15) is 9.18 Å². The minimum Gasteiger partial charge on any atom is -0.362 e. The minimum atomic E-state index is -2.57. The molecule has 14 heteroatoms. The van der Waals surface area contributed by atoms with Gasteiger partial charge in [0.05, 0.1) is 58.6 Å². The summed E-state index contributed by atoms with van der Waals surface area (Å²) >= 11 is 5.76. The molecule has 1 aliphatic heterocycles. The summed E-state index contributed by atoms with van der Waals surface area (Å²) < 4.78 is 29.7. The van der Waals surface area contributed by atoms with Crippen molar-refractivity contribution in [2.24, 2.45) is 0 Å². The summed E-state index contributed by atoms with van der Waals surface area (Å²) in [7, 11) is 36.6. The van der Waals surface area contributed by atoms with Crippen molar-refractivity contribution in [1.82, 2.24) is 20.2 Å². The zero-order valence-electron chi connectivity index (χ0n) is 17.9. The summed E-state index contributed by atoms with van der Waals surface area (Å²) in [6.07, 6.45) is 1.69. The molecule has 1 saturated heterocycles. The number of rotatable bonds is 5. The van der Waals surface area contributed by atoms with Crippen LogP contribution in [0, 0.1) is 12.7 Å². The first-order valence-corrected chi connectivity index (χ1v) is 10.2. The van der Waals surface area contributed by atoms with E-state index in [0.717, 1.165) is 23.8 Å². The number of halogens is 3. The van der Waals surface area contributed by atoms with E-state index in [0.29, 0.717) is 10.7 Å². The molecule has 0 aliphatic carbocycles. The van der Waals surface area contributed by atoms with E-state index in [2.05, 4.69) is 15.3 Å². The molecule has 2 heterocycles. The van der Waals surface area contributed by atoms with Crippen molar-refractivity contribution in [1.29, 1.82) is 0 Å². The second-order valence-electron chi connectivity index (χ2n) is 8.47. The molecule has 156 valence electrons. The lowest BCUT2D eigenvalue weighted by molar-refractivity contribution is -0.0101. The fraction of sp³-hybridized carbons (Fsp3) is 0.421. The standard InChI is InChI=1S/C19H15B6ClF2N4O/c1-10-5-29-14(30-6-10)7-31-19(24,25)16(28)8-17(20,21)32(18(22,23)9-16)15(33)11-2-3-13(27)12(26)4-11/h2-6,31H,7-9H2,1H3. The SMILES string of the molecule is [B]C1([B])CC(F)(C([B])([B])NCc2ncc(C)cn2)CC([B])([B])N1C(=O)c1ccc(F)c(Cl)c1. The van der Waals surface area contributed by atoms with Crippen LogP contribution < -0.4 is 5.32 Å². The number of nitrogens with zero attached hydrogens (tertiary/aromatic N) is 3. The summed E-state index contributed by atoms with van der Waals surface area (Å²) in [5.41, 5.74) is -1.84. The molecule has 0 atom stereocenters. The lowest BCUT2D eigenvalue weighted by atomic mass is 9.38. The lowest BCUT2D eigenvalue weighted by Gasteiger charge is -2.62. The van der Waals surface area contributed by atoms with Crippen LogP contribution in [0.25, 0.3) is 0 Å². The highest BCUT2D eigenvalue weighted by Gasteiger charge is 2.57. The van der Waals surface area contributed by atoms with E-state index in [1.807, 2.05) is 6.92 Å². The van der Waals surface area contributed by atoms with Gasteiger partial charge >= 0.3 is 0 Å². The van der Waals surface area contributed by atoms with Crippen molar-refractivity contribution in [2.75, 3.05) is 0 Å². The smallest absolute Gasteiger partial charge is 0.252 e. The molecular weight excluding hydrogens is 439 g/mol. The molecule has 0 saturated carbocycles. The van der Waals surface area contributed by atoms with Gasteiger partial charge < -0.3 is 10.2 Å². The van der Waals surface area contributed by atoms with Gasteiger partial charge in [0, 0.05) is 18.0 Å². The van der Waals surface area contributed by atoms with Crippen LogP contribution in [0.3, 0.4) is 0 Å². The van der Waals surface area contributed by atoms with Crippen molar-refractivity contribution in [3.05, 3.63) is 58.4 Å².